The normalized spacial score (nSPS) is 12.1. The van der Waals surface area contributed by atoms with E-state index in [0.717, 1.165) is 5.56 Å². The molecule has 0 aliphatic rings. The van der Waals surface area contributed by atoms with Gasteiger partial charge < -0.3 is 5.11 Å². The number of rotatable bonds is 4. The van der Waals surface area contributed by atoms with Gasteiger partial charge in [0.05, 0.1) is 5.92 Å². The zero-order valence-corrected chi connectivity index (χ0v) is 10.6. The summed E-state index contributed by atoms with van der Waals surface area (Å²) in [5.74, 6) is -2.02. The van der Waals surface area contributed by atoms with E-state index < -0.39 is 11.9 Å². The maximum Gasteiger partial charge on any atom is 0.311 e. The lowest BCUT2D eigenvalue weighted by Crippen LogP contribution is -2.15. The molecule has 0 heterocycles. The molecule has 0 radical (unpaired) electrons. The van der Waals surface area contributed by atoms with Crippen LogP contribution in [0.4, 0.5) is 4.39 Å². The highest BCUT2D eigenvalue weighted by Crippen LogP contribution is 2.23. The fourth-order valence-corrected chi connectivity index (χ4v) is 2.03. The van der Waals surface area contributed by atoms with Gasteiger partial charge >= 0.3 is 5.97 Å². The molecule has 1 N–H and O–H groups in total. The van der Waals surface area contributed by atoms with Gasteiger partial charge in [0.15, 0.2) is 0 Å². The van der Waals surface area contributed by atoms with Gasteiger partial charge in [0, 0.05) is 0 Å². The molecule has 2 aromatic carbocycles. The van der Waals surface area contributed by atoms with Gasteiger partial charge in [-0.1, -0.05) is 48.0 Å². The fourth-order valence-electron chi connectivity index (χ4n) is 2.03. The average molecular weight is 258 g/mol. The molecule has 0 fully saturated rings. The largest absolute Gasteiger partial charge is 0.481 e. The highest BCUT2D eigenvalue weighted by atomic mass is 19.1. The van der Waals surface area contributed by atoms with Crippen molar-refractivity contribution in [2.45, 2.75) is 19.3 Å². The van der Waals surface area contributed by atoms with Crippen LogP contribution < -0.4 is 0 Å². The van der Waals surface area contributed by atoms with E-state index in [0.29, 0.717) is 11.1 Å². The van der Waals surface area contributed by atoms with Crippen molar-refractivity contribution in [3.63, 3.8) is 0 Å². The highest BCUT2D eigenvalue weighted by molar-refractivity contribution is 5.76. The van der Waals surface area contributed by atoms with Crippen LogP contribution >= 0.6 is 0 Å². The predicted molar refractivity (Wildman–Crippen MR) is 71.7 cm³/mol. The van der Waals surface area contributed by atoms with Crippen LogP contribution in [0.1, 0.15) is 22.6 Å². The number of carbonyl (C=O) groups is 1. The monoisotopic (exact) mass is 258 g/mol. The maximum atomic E-state index is 13.6. The molecule has 0 spiro atoms. The molecule has 1 unspecified atom stereocenters. The Morgan fingerprint density at radius 2 is 1.79 bits per heavy atom. The van der Waals surface area contributed by atoms with Gasteiger partial charge in [-0.2, -0.15) is 0 Å². The van der Waals surface area contributed by atoms with E-state index >= 15 is 0 Å². The summed E-state index contributed by atoms with van der Waals surface area (Å²) in [4.78, 5) is 11.4. The molecule has 0 saturated carbocycles. The molecule has 3 heteroatoms. The first-order valence-corrected chi connectivity index (χ1v) is 6.10. The van der Waals surface area contributed by atoms with E-state index in [1.807, 2.05) is 19.1 Å². The number of hydrogen-bond acceptors (Lipinski definition) is 1. The summed E-state index contributed by atoms with van der Waals surface area (Å²) in [6, 6.07) is 13.6. The predicted octanol–water partition coefficient (Wildman–Crippen LogP) is 3.55. The lowest BCUT2D eigenvalue weighted by molar-refractivity contribution is -0.138. The standard InChI is InChI=1S/C16H15FO2/c1-11-6-8-12(9-7-11)14(16(18)19)10-13-4-2-3-5-15(13)17/h2-9,14H,10H2,1H3,(H,18,19). The van der Waals surface area contributed by atoms with Crippen LogP contribution in [0.25, 0.3) is 0 Å². The molecule has 2 nitrogen and oxygen atoms in total. The minimum absolute atomic E-state index is 0.158. The Bertz CT molecular complexity index is 576. The highest BCUT2D eigenvalue weighted by Gasteiger charge is 2.21. The summed E-state index contributed by atoms with van der Waals surface area (Å²) in [5.41, 5.74) is 2.19. The molecule has 98 valence electrons. The maximum absolute atomic E-state index is 13.6. The number of halogens is 1. The Balaban J connectivity index is 2.29. The Morgan fingerprint density at radius 3 is 2.37 bits per heavy atom. The first kappa shape index (κ1) is 13.3. The first-order chi connectivity index (χ1) is 9.08. The van der Waals surface area contributed by atoms with Crippen molar-refractivity contribution in [3.05, 3.63) is 71.0 Å². The van der Waals surface area contributed by atoms with E-state index in [1.54, 1.807) is 30.3 Å². The zero-order valence-electron chi connectivity index (χ0n) is 10.6. The topological polar surface area (TPSA) is 37.3 Å². The van der Waals surface area contributed by atoms with E-state index in [1.165, 1.54) is 6.07 Å². The summed E-state index contributed by atoms with van der Waals surface area (Å²) in [6.45, 7) is 1.94. The molecular weight excluding hydrogens is 243 g/mol. The van der Waals surface area contributed by atoms with Crippen LogP contribution in [0.15, 0.2) is 48.5 Å². The van der Waals surface area contributed by atoms with E-state index in [-0.39, 0.29) is 12.2 Å². The lowest BCUT2D eigenvalue weighted by atomic mass is 9.91. The van der Waals surface area contributed by atoms with Crippen molar-refractivity contribution in [2.24, 2.45) is 0 Å². The third-order valence-electron chi connectivity index (χ3n) is 3.16. The molecule has 0 aliphatic carbocycles. The summed E-state index contributed by atoms with van der Waals surface area (Å²) >= 11 is 0. The zero-order chi connectivity index (χ0) is 13.8. The van der Waals surface area contributed by atoms with Gasteiger partial charge in [-0.15, -0.1) is 0 Å². The van der Waals surface area contributed by atoms with Crippen LogP contribution in [-0.4, -0.2) is 11.1 Å². The number of carboxylic acid groups (broad SMARTS) is 1. The summed E-state index contributed by atoms with van der Waals surface area (Å²) in [6.07, 6.45) is 0.158. The van der Waals surface area contributed by atoms with Gasteiger partial charge in [0.2, 0.25) is 0 Å². The Kier molecular flexibility index (Phi) is 3.95. The van der Waals surface area contributed by atoms with Gasteiger partial charge in [-0.25, -0.2) is 4.39 Å². The smallest absolute Gasteiger partial charge is 0.311 e. The molecule has 0 aromatic heterocycles. The molecule has 2 aromatic rings. The Morgan fingerprint density at radius 1 is 1.16 bits per heavy atom. The number of aliphatic carboxylic acids is 1. The molecule has 1 atom stereocenters. The first-order valence-electron chi connectivity index (χ1n) is 6.10. The molecule has 0 aliphatic heterocycles. The van der Waals surface area contributed by atoms with Crippen LogP contribution in [-0.2, 0) is 11.2 Å². The second kappa shape index (κ2) is 5.65. The van der Waals surface area contributed by atoms with Crippen molar-refractivity contribution in [3.8, 4) is 0 Å². The van der Waals surface area contributed by atoms with Crippen LogP contribution in [0.5, 0.6) is 0 Å². The Labute approximate surface area is 111 Å². The van der Waals surface area contributed by atoms with Gasteiger partial charge in [-0.3, -0.25) is 4.79 Å². The van der Waals surface area contributed by atoms with Crippen molar-refractivity contribution in [1.82, 2.24) is 0 Å². The number of carboxylic acids is 1. The average Bonchev–Trinajstić information content (AvgIpc) is 2.39. The van der Waals surface area contributed by atoms with Gasteiger partial charge in [0.1, 0.15) is 5.82 Å². The lowest BCUT2D eigenvalue weighted by Gasteiger charge is -2.13. The second-order valence-corrected chi connectivity index (χ2v) is 4.60. The SMILES string of the molecule is Cc1ccc(C(Cc2ccccc2F)C(=O)O)cc1. The van der Waals surface area contributed by atoms with Crippen LogP contribution in [0.2, 0.25) is 0 Å². The molecule has 19 heavy (non-hydrogen) atoms. The van der Waals surface area contributed by atoms with E-state index in [4.69, 9.17) is 0 Å². The van der Waals surface area contributed by atoms with Crippen molar-refractivity contribution >= 4 is 5.97 Å². The van der Waals surface area contributed by atoms with E-state index in [9.17, 15) is 14.3 Å². The molecule has 2 rings (SSSR count). The Hall–Kier alpha value is -2.16. The van der Waals surface area contributed by atoms with Crippen molar-refractivity contribution < 1.29 is 14.3 Å². The third kappa shape index (κ3) is 3.19. The molecule has 0 saturated heterocycles. The molecule has 0 amide bonds. The minimum Gasteiger partial charge on any atom is -0.481 e. The van der Waals surface area contributed by atoms with Crippen molar-refractivity contribution in [1.29, 1.82) is 0 Å². The second-order valence-electron chi connectivity index (χ2n) is 4.60. The molecular formula is C16H15FO2. The van der Waals surface area contributed by atoms with Gasteiger partial charge in [0.25, 0.3) is 0 Å². The summed E-state index contributed by atoms with van der Waals surface area (Å²) in [5, 5.41) is 9.33. The van der Waals surface area contributed by atoms with Gasteiger partial charge in [-0.05, 0) is 30.5 Å². The van der Waals surface area contributed by atoms with Crippen LogP contribution in [0.3, 0.4) is 0 Å². The molecule has 0 bridgehead atoms. The third-order valence-corrected chi connectivity index (χ3v) is 3.16. The fraction of sp³-hybridized carbons (Fsp3) is 0.188. The quantitative estimate of drug-likeness (QED) is 0.910. The minimum atomic E-state index is -0.938. The summed E-state index contributed by atoms with van der Waals surface area (Å²) < 4.78 is 13.6. The van der Waals surface area contributed by atoms with E-state index in [2.05, 4.69) is 0 Å². The van der Waals surface area contributed by atoms with Crippen molar-refractivity contribution in [2.75, 3.05) is 0 Å². The number of benzene rings is 2. The number of hydrogen-bond donors (Lipinski definition) is 1. The summed E-state index contributed by atoms with van der Waals surface area (Å²) in [7, 11) is 0. The number of aryl methyl sites for hydroxylation is 1. The van der Waals surface area contributed by atoms with Crippen LogP contribution in [0, 0.1) is 12.7 Å².